The topological polar surface area (TPSA) is 111 Å². The lowest BCUT2D eigenvalue weighted by molar-refractivity contribution is 0.101. The lowest BCUT2D eigenvalue weighted by Gasteiger charge is -2.11. The molecule has 31 heavy (non-hydrogen) atoms. The number of nitrogens with zero attached hydrogens (tertiary/aromatic N) is 2. The second-order valence-electron chi connectivity index (χ2n) is 6.71. The highest BCUT2D eigenvalue weighted by molar-refractivity contribution is 9.10. The Hall–Kier alpha value is -3.37. The molecule has 2 aromatic heterocycles. The second kappa shape index (κ2) is 8.78. The average molecular weight is 487 g/mol. The van der Waals surface area contributed by atoms with Crippen molar-refractivity contribution >= 4 is 38.4 Å². The number of halogens is 1. The molecule has 160 valence electrons. The van der Waals surface area contributed by atoms with Gasteiger partial charge in [0.1, 0.15) is 18.1 Å². The molecule has 1 amide bonds. The first-order valence-electron chi connectivity index (χ1n) is 9.35. The van der Waals surface area contributed by atoms with E-state index in [0.717, 1.165) is 15.4 Å². The summed E-state index contributed by atoms with van der Waals surface area (Å²) >= 11 is 3.39. The number of nitrogens with one attached hydrogen (secondary N) is 2. The molecular formula is C21H19BrN4O5. The minimum Gasteiger partial charge on any atom is -0.489 e. The number of methoxy groups -OCH3 is 1. The number of H-pyrrole nitrogens is 1. The molecule has 0 aliphatic carbocycles. The van der Waals surface area contributed by atoms with Gasteiger partial charge >= 0.3 is 5.76 Å². The molecule has 2 heterocycles. The van der Waals surface area contributed by atoms with E-state index in [1.165, 1.54) is 0 Å². The molecule has 0 fully saturated rings. The third-order valence-corrected chi connectivity index (χ3v) is 5.22. The number of benzene rings is 2. The smallest absolute Gasteiger partial charge is 0.439 e. The van der Waals surface area contributed by atoms with Crippen molar-refractivity contribution in [1.82, 2.24) is 14.7 Å². The van der Waals surface area contributed by atoms with Gasteiger partial charge in [-0.05, 0) is 30.3 Å². The van der Waals surface area contributed by atoms with Crippen LogP contribution in [0.1, 0.15) is 10.5 Å². The van der Waals surface area contributed by atoms with Gasteiger partial charge in [0.25, 0.3) is 5.91 Å². The van der Waals surface area contributed by atoms with Gasteiger partial charge in [-0.15, -0.1) is 0 Å². The zero-order valence-corrected chi connectivity index (χ0v) is 18.4. The van der Waals surface area contributed by atoms with Crippen molar-refractivity contribution in [2.75, 3.05) is 25.6 Å². The van der Waals surface area contributed by atoms with Gasteiger partial charge in [-0.25, -0.2) is 4.79 Å². The normalized spacial score (nSPS) is 11.1. The van der Waals surface area contributed by atoms with Crippen LogP contribution < -0.4 is 15.8 Å². The monoisotopic (exact) mass is 486 g/mol. The molecule has 0 aliphatic heterocycles. The number of aromatic amines is 1. The van der Waals surface area contributed by atoms with E-state index in [0.29, 0.717) is 35.9 Å². The molecule has 4 rings (SSSR count). The largest absolute Gasteiger partial charge is 0.489 e. The molecule has 4 aromatic rings. The molecule has 0 unspecified atom stereocenters. The Morgan fingerprint density at radius 2 is 2.10 bits per heavy atom. The highest BCUT2D eigenvalue weighted by Gasteiger charge is 2.19. The van der Waals surface area contributed by atoms with E-state index < -0.39 is 5.76 Å². The van der Waals surface area contributed by atoms with Crippen molar-refractivity contribution in [1.29, 1.82) is 0 Å². The molecule has 0 spiro atoms. The molecular weight excluding hydrogens is 468 g/mol. The SMILES string of the molecule is COCCOc1cccc2cc(C(=O)Nc3ccc(Br)cc3-c3noc(=O)[nH]3)n(C)c12. The third kappa shape index (κ3) is 4.25. The van der Waals surface area contributed by atoms with Crippen LogP contribution in [0.25, 0.3) is 22.3 Å². The van der Waals surface area contributed by atoms with Gasteiger partial charge in [-0.2, -0.15) is 0 Å². The zero-order valence-electron chi connectivity index (χ0n) is 16.8. The fourth-order valence-electron chi connectivity index (χ4n) is 3.30. The van der Waals surface area contributed by atoms with E-state index in [-0.39, 0.29) is 11.7 Å². The summed E-state index contributed by atoms with van der Waals surface area (Å²) < 4.78 is 18.0. The van der Waals surface area contributed by atoms with Crippen molar-refractivity contribution in [3.05, 3.63) is 63.2 Å². The van der Waals surface area contributed by atoms with Crippen LogP contribution in [0.3, 0.4) is 0 Å². The van der Waals surface area contributed by atoms with E-state index in [1.807, 2.05) is 18.2 Å². The molecule has 0 bridgehead atoms. The van der Waals surface area contributed by atoms with Crippen molar-refractivity contribution < 1.29 is 18.8 Å². The summed E-state index contributed by atoms with van der Waals surface area (Å²) in [4.78, 5) is 27.0. The summed E-state index contributed by atoms with van der Waals surface area (Å²) in [6, 6.07) is 12.7. The quantitative estimate of drug-likeness (QED) is 0.386. The van der Waals surface area contributed by atoms with Crippen molar-refractivity contribution in [2.24, 2.45) is 7.05 Å². The van der Waals surface area contributed by atoms with Crippen LogP contribution in [0.2, 0.25) is 0 Å². The number of amides is 1. The summed E-state index contributed by atoms with van der Waals surface area (Å²) in [6.07, 6.45) is 0. The Bertz CT molecular complexity index is 1310. The van der Waals surface area contributed by atoms with Crippen LogP contribution >= 0.6 is 15.9 Å². The van der Waals surface area contributed by atoms with Crippen molar-refractivity contribution in [2.45, 2.75) is 0 Å². The predicted octanol–water partition coefficient (Wildman–Crippen LogP) is 3.56. The number of rotatable bonds is 7. The standard InChI is InChI=1S/C21H19BrN4O5/c1-26-16(10-12-4-3-5-17(18(12)26)30-9-8-29-2)20(27)23-15-7-6-13(22)11-14(15)19-24-21(28)31-25-19/h3-7,10-11H,8-9H2,1-2H3,(H,23,27)(H,24,25,28). The van der Waals surface area contributed by atoms with Crippen LogP contribution in [0.5, 0.6) is 5.75 Å². The van der Waals surface area contributed by atoms with E-state index >= 15 is 0 Å². The van der Waals surface area contributed by atoms with Gasteiger partial charge in [0.05, 0.1) is 17.8 Å². The summed E-state index contributed by atoms with van der Waals surface area (Å²) in [5.74, 6) is -0.119. The molecule has 0 aliphatic rings. The molecule has 2 aromatic carbocycles. The number of fused-ring (bicyclic) bond motifs is 1. The summed E-state index contributed by atoms with van der Waals surface area (Å²) in [5.41, 5.74) is 2.23. The number of carbonyl (C=O) groups is 1. The van der Waals surface area contributed by atoms with Gasteiger partial charge in [-0.1, -0.05) is 33.2 Å². The predicted molar refractivity (Wildman–Crippen MR) is 119 cm³/mol. The summed E-state index contributed by atoms with van der Waals surface area (Å²) in [5, 5.41) is 7.48. The number of ether oxygens (including phenoxy) is 2. The van der Waals surface area contributed by atoms with Gasteiger partial charge in [-0.3, -0.25) is 14.3 Å². The van der Waals surface area contributed by atoms with Gasteiger partial charge in [0, 0.05) is 29.6 Å². The maximum absolute atomic E-state index is 13.1. The number of anilines is 1. The van der Waals surface area contributed by atoms with E-state index in [2.05, 4.69) is 35.9 Å². The number of carbonyl (C=O) groups excluding carboxylic acids is 1. The molecule has 0 radical (unpaired) electrons. The molecule has 10 heteroatoms. The minimum absolute atomic E-state index is 0.215. The number of para-hydroxylation sites is 1. The second-order valence-corrected chi connectivity index (χ2v) is 7.63. The molecule has 0 saturated heterocycles. The highest BCUT2D eigenvalue weighted by Crippen LogP contribution is 2.31. The Morgan fingerprint density at radius 3 is 2.84 bits per heavy atom. The first-order chi connectivity index (χ1) is 15.0. The minimum atomic E-state index is -0.679. The first-order valence-corrected chi connectivity index (χ1v) is 10.1. The summed E-state index contributed by atoms with van der Waals surface area (Å²) in [6.45, 7) is 0.866. The third-order valence-electron chi connectivity index (χ3n) is 4.72. The molecule has 2 N–H and O–H groups in total. The van der Waals surface area contributed by atoms with E-state index in [9.17, 15) is 9.59 Å². The highest BCUT2D eigenvalue weighted by atomic mass is 79.9. The Morgan fingerprint density at radius 1 is 1.26 bits per heavy atom. The lowest BCUT2D eigenvalue weighted by Crippen LogP contribution is -2.16. The van der Waals surface area contributed by atoms with Crippen LogP contribution in [0.15, 0.2) is 56.3 Å². The van der Waals surface area contributed by atoms with Crippen molar-refractivity contribution in [3.8, 4) is 17.1 Å². The number of hydrogen-bond acceptors (Lipinski definition) is 6. The lowest BCUT2D eigenvalue weighted by atomic mass is 10.1. The van der Waals surface area contributed by atoms with Gasteiger partial charge in [0.2, 0.25) is 0 Å². The van der Waals surface area contributed by atoms with Crippen molar-refractivity contribution in [3.63, 3.8) is 0 Å². The average Bonchev–Trinajstić information content (AvgIpc) is 3.33. The van der Waals surface area contributed by atoms with E-state index in [1.54, 1.807) is 43.0 Å². The van der Waals surface area contributed by atoms with Crippen LogP contribution in [-0.4, -0.2) is 40.9 Å². The fraction of sp³-hybridized carbons (Fsp3) is 0.190. The Balaban J connectivity index is 1.68. The van der Waals surface area contributed by atoms with E-state index in [4.69, 9.17) is 9.47 Å². The van der Waals surface area contributed by atoms with Crippen LogP contribution in [0.4, 0.5) is 5.69 Å². The zero-order chi connectivity index (χ0) is 22.0. The maximum atomic E-state index is 13.1. The number of hydrogen-bond donors (Lipinski definition) is 2. The fourth-order valence-corrected chi connectivity index (χ4v) is 3.66. The van der Waals surface area contributed by atoms with Crippen LogP contribution in [-0.2, 0) is 11.8 Å². The molecule has 9 nitrogen and oxygen atoms in total. The number of aromatic nitrogens is 3. The molecule has 0 atom stereocenters. The van der Waals surface area contributed by atoms with Gasteiger partial charge < -0.3 is 19.4 Å². The summed E-state index contributed by atoms with van der Waals surface area (Å²) in [7, 11) is 3.41. The number of aryl methyl sites for hydroxylation is 1. The molecule has 0 saturated carbocycles. The first kappa shape index (κ1) is 20.9. The van der Waals surface area contributed by atoms with Gasteiger partial charge in [0.15, 0.2) is 5.82 Å². The Kier molecular flexibility index (Phi) is 5.92. The maximum Gasteiger partial charge on any atom is 0.439 e. The Labute approximate surface area is 185 Å². The van der Waals surface area contributed by atoms with Crippen LogP contribution in [0, 0.1) is 0 Å².